The highest BCUT2D eigenvalue weighted by Gasteiger charge is 2.27. The van der Waals surface area contributed by atoms with Crippen molar-refractivity contribution in [1.29, 1.82) is 0 Å². The van der Waals surface area contributed by atoms with Gasteiger partial charge < -0.3 is 15.0 Å². The van der Waals surface area contributed by atoms with Gasteiger partial charge in [-0.1, -0.05) is 30.3 Å². The number of carbonyl (C=O) groups excluding carboxylic acids is 1. The van der Waals surface area contributed by atoms with Gasteiger partial charge in [0.05, 0.1) is 25.1 Å². The lowest BCUT2D eigenvalue weighted by Gasteiger charge is -2.40. The number of hydrogen-bond donors (Lipinski definition) is 2. The highest BCUT2D eigenvalue weighted by Crippen LogP contribution is 2.21. The van der Waals surface area contributed by atoms with Crippen LogP contribution in [0.3, 0.4) is 0 Å². The summed E-state index contributed by atoms with van der Waals surface area (Å²) in [6.45, 7) is 5.78. The van der Waals surface area contributed by atoms with Gasteiger partial charge in [0.1, 0.15) is 0 Å². The Morgan fingerprint density at radius 2 is 1.89 bits per heavy atom. The molecule has 2 N–H and O–H groups in total. The molecule has 1 aromatic carbocycles. The van der Waals surface area contributed by atoms with Crippen LogP contribution in [0.15, 0.2) is 36.5 Å². The molecule has 4 rings (SSSR count). The first-order valence-corrected chi connectivity index (χ1v) is 9.73. The first-order chi connectivity index (χ1) is 13.3. The Bertz CT molecular complexity index is 734. The van der Waals surface area contributed by atoms with Crippen molar-refractivity contribution in [2.45, 2.75) is 25.4 Å². The Morgan fingerprint density at radius 1 is 1.15 bits per heavy atom. The van der Waals surface area contributed by atoms with Gasteiger partial charge in [-0.15, -0.1) is 0 Å². The largest absolute Gasteiger partial charge is 0.379 e. The fourth-order valence-electron chi connectivity index (χ4n) is 3.96. The van der Waals surface area contributed by atoms with E-state index >= 15 is 0 Å². The predicted octanol–water partition coefficient (Wildman–Crippen LogP) is 2.08. The molecule has 0 aliphatic carbocycles. The molecule has 7 heteroatoms. The van der Waals surface area contributed by atoms with Crippen molar-refractivity contribution < 1.29 is 9.53 Å². The van der Waals surface area contributed by atoms with Crippen molar-refractivity contribution in [2.75, 3.05) is 39.4 Å². The number of aromatic nitrogens is 2. The molecule has 1 aromatic heterocycles. The number of hydrogen-bond acceptors (Lipinski definition) is 4. The molecule has 2 aliphatic rings. The van der Waals surface area contributed by atoms with E-state index < -0.39 is 0 Å². The number of carbonyl (C=O) groups is 1. The molecule has 0 unspecified atom stereocenters. The number of H-pyrrole nitrogens is 1. The Morgan fingerprint density at radius 3 is 2.63 bits per heavy atom. The van der Waals surface area contributed by atoms with Gasteiger partial charge in [0.25, 0.3) is 0 Å². The second kappa shape index (κ2) is 8.54. The fourth-order valence-corrected chi connectivity index (χ4v) is 3.96. The van der Waals surface area contributed by atoms with E-state index in [1.165, 1.54) is 0 Å². The summed E-state index contributed by atoms with van der Waals surface area (Å²) in [6.07, 6.45) is 3.86. The van der Waals surface area contributed by atoms with Gasteiger partial charge in [0.2, 0.25) is 0 Å². The zero-order valence-electron chi connectivity index (χ0n) is 15.6. The molecule has 144 valence electrons. The number of rotatable bonds is 4. The Kier molecular flexibility index (Phi) is 5.69. The number of nitrogens with one attached hydrogen (secondary N) is 2. The van der Waals surface area contributed by atoms with Crippen LogP contribution < -0.4 is 5.32 Å². The molecule has 2 saturated heterocycles. The standard InChI is InChI=1S/C20H27N5O2/c26-20(25-8-6-18(7-9-25)24-10-12-27-13-11-24)21-14-17-15-22-23-19(17)16-4-2-1-3-5-16/h1-5,15,18H,6-14H2,(H,21,26)(H,22,23). The number of urea groups is 1. The van der Waals surface area contributed by atoms with Gasteiger partial charge in [-0.05, 0) is 18.4 Å². The van der Waals surface area contributed by atoms with Gasteiger partial charge >= 0.3 is 6.03 Å². The molecule has 3 heterocycles. The van der Waals surface area contributed by atoms with Crippen molar-refractivity contribution in [1.82, 2.24) is 25.3 Å². The number of aromatic amines is 1. The van der Waals surface area contributed by atoms with E-state index in [9.17, 15) is 4.79 Å². The van der Waals surface area contributed by atoms with Crippen molar-refractivity contribution in [3.05, 3.63) is 42.1 Å². The van der Waals surface area contributed by atoms with Gasteiger partial charge in [0.15, 0.2) is 0 Å². The molecule has 2 aliphatic heterocycles. The monoisotopic (exact) mass is 369 g/mol. The van der Waals surface area contributed by atoms with Crippen LogP contribution in [0.25, 0.3) is 11.3 Å². The van der Waals surface area contributed by atoms with Crippen molar-refractivity contribution in [2.24, 2.45) is 0 Å². The summed E-state index contributed by atoms with van der Waals surface area (Å²) < 4.78 is 5.43. The van der Waals surface area contributed by atoms with E-state index in [0.29, 0.717) is 12.6 Å². The molecule has 0 spiro atoms. The minimum absolute atomic E-state index is 0.00985. The first kappa shape index (κ1) is 18.0. The van der Waals surface area contributed by atoms with Crippen LogP contribution >= 0.6 is 0 Å². The summed E-state index contributed by atoms with van der Waals surface area (Å²) in [6, 6.07) is 10.6. The molecule has 2 amide bonds. The molecular formula is C20H27N5O2. The van der Waals surface area contributed by atoms with Crippen LogP contribution in [-0.4, -0.2) is 71.5 Å². The Labute approximate surface area is 159 Å². The van der Waals surface area contributed by atoms with Crippen molar-refractivity contribution >= 4 is 6.03 Å². The highest BCUT2D eigenvalue weighted by molar-refractivity contribution is 5.74. The van der Waals surface area contributed by atoms with Crippen molar-refractivity contribution in [3.63, 3.8) is 0 Å². The van der Waals surface area contributed by atoms with Crippen LogP contribution in [0.1, 0.15) is 18.4 Å². The number of piperidine rings is 1. The lowest BCUT2D eigenvalue weighted by molar-refractivity contribution is 0.00380. The minimum Gasteiger partial charge on any atom is -0.379 e. The molecule has 27 heavy (non-hydrogen) atoms. The SMILES string of the molecule is O=C(NCc1cn[nH]c1-c1ccccc1)N1CCC(N2CCOCC2)CC1. The minimum atomic E-state index is 0.00985. The number of ether oxygens (including phenoxy) is 1. The maximum Gasteiger partial charge on any atom is 0.317 e. The average molecular weight is 369 g/mol. The lowest BCUT2D eigenvalue weighted by atomic mass is 10.0. The van der Waals surface area contributed by atoms with Gasteiger partial charge in [-0.3, -0.25) is 10.00 Å². The number of benzene rings is 1. The van der Waals surface area contributed by atoms with Gasteiger partial charge in [-0.25, -0.2) is 4.79 Å². The second-order valence-corrected chi connectivity index (χ2v) is 7.16. The summed E-state index contributed by atoms with van der Waals surface area (Å²) in [5.74, 6) is 0. The number of amides is 2. The number of likely N-dealkylation sites (tertiary alicyclic amines) is 1. The zero-order valence-corrected chi connectivity index (χ0v) is 15.6. The van der Waals surface area contributed by atoms with Gasteiger partial charge in [-0.2, -0.15) is 5.10 Å². The fraction of sp³-hybridized carbons (Fsp3) is 0.500. The molecular weight excluding hydrogens is 342 g/mol. The van der Waals surface area contributed by atoms with E-state index in [4.69, 9.17) is 4.74 Å². The number of morpholine rings is 1. The molecule has 2 fully saturated rings. The van der Waals surface area contributed by atoms with E-state index in [0.717, 1.165) is 69.1 Å². The first-order valence-electron chi connectivity index (χ1n) is 9.73. The lowest BCUT2D eigenvalue weighted by Crippen LogP contribution is -2.51. The molecule has 7 nitrogen and oxygen atoms in total. The van der Waals surface area contributed by atoms with E-state index in [1.807, 2.05) is 35.2 Å². The summed E-state index contributed by atoms with van der Waals surface area (Å²) in [5, 5.41) is 10.2. The summed E-state index contributed by atoms with van der Waals surface area (Å²) >= 11 is 0. The quantitative estimate of drug-likeness (QED) is 0.865. The van der Waals surface area contributed by atoms with Crippen molar-refractivity contribution in [3.8, 4) is 11.3 Å². The maximum absolute atomic E-state index is 12.6. The summed E-state index contributed by atoms with van der Waals surface area (Å²) in [4.78, 5) is 17.0. The Hall–Kier alpha value is -2.38. The van der Waals surface area contributed by atoms with E-state index in [-0.39, 0.29) is 6.03 Å². The summed E-state index contributed by atoms with van der Waals surface area (Å²) in [5.41, 5.74) is 3.03. The van der Waals surface area contributed by atoms with Crippen LogP contribution in [0.2, 0.25) is 0 Å². The Balaban J connectivity index is 1.28. The molecule has 0 bridgehead atoms. The van der Waals surface area contributed by atoms with Crippen LogP contribution in [-0.2, 0) is 11.3 Å². The highest BCUT2D eigenvalue weighted by atomic mass is 16.5. The third-order valence-electron chi connectivity index (χ3n) is 5.52. The zero-order chi connectivity index (χ0) is 18.5. The summed E-state index contributed by atoms with van der Waals surface area (Å²) in [7, 11) is 0. The maximum atomic E-state index is 12.6. The van der Waals surface area contributed by atoms with Crippen LogP contribution in [0, 0.1) is 0 Å². The topological polar surface area (TPSA) is 73.5 Å². The molecule has 0 saturated carbocycles. The number of nitrogens with zero attached hydrogens (tertiary/aromatic N) is 3. The molecule has 0 radical (unpaired) electrons. The third-order valence-corrected chi connectivity index (χ3v) is 5.52. The second-order valence-electron chi connectivity index (χ2n) is 7.16. The van der Waals surface area contributed by atoms with Gasteiger partial charge in [0, 0.05) is 44.3 Å². The molecule has 0 atom stereocenters. The van der Waals surface area contributed by atoms with Crippen LogP contribution in [0.4, 0.5) is 4.79 Å². The third kappa shape index (κ3) is 4.31. The average Bonchev–Trinajstić information content (AvgIpc) is 3.22. The smallest absolute Gasteiger partial charge is 0.317 e. The van der Waals surface area contributed by atoms with Crippen LogP contribution in [0.5, 0.6) is 0 Å². The normalized spacial score (nSPS) is 19.2. The predicted molar refractivity (Wildman–Crippen MR) is 103 cm³/mol. The van der Waals surface area contributed by atoms with E-state index in [2.05, 4.69) is 20.4 Å². The molecule has 2 aromatic rings. The van der Waals surface area contributed by atoms with E-state index in [1.54, 1.807) is 6.20 Å².